The van der Waals surface area contributed by atoms with Gasteiger partial charge in [0.2, 0.25) is 0 Å². The van der Waals surface area contributed by atoms with Gasteiger partial charge in [0.15, 0.2) is 0 Å². The monoisotopic (exact) mass is 667 g/mol. The normalized spacial score (nSPS) is 22.8. The smallest absolute Gasteiger partial charge is 0.0707 e. The summed E-state index contributed by atoms with van der Waals surface area (Å²) in [5.74, 6) is 1.64. The summed E-state index contributed by atoms with van der Waals surface area (Å²) in [6.07, 6.45) is 32.6. The van der Waals surface area contributed by atoms with Gasteiger partial charge in [0.05, 0.1) is 22.8 Å². The maximum Gasteiger partial charge on any atom is 0.0707 e. The second-order valence-corrected chi connectivity index (χ2v) is 16.3. The number of hydrogen-bond donors (Lipinski definition) is 2. The molecule has 0 radical (unpaired) electrons. The van der Waals surface area contributed by atoms with Crippen molar-refractivity contribution in [2.75, 3.05) is 13.1 Å². The van der Waals surface area contributed by atoms with Crippen LogP contribution in [-0.4, -0.2) is 37.9 Å². The molecule has 1 saturated heterocycles. The quantitative estimate of drug-likeness (QED) is 0.196. The third-order valence-electron chi connectivity index (χ3n) is 13.3. The lowest BCUT2D eigenvalue weighted by molar-refractivity contribution is 0.156. The molecule has 3 aliphatic carbocycles. The molecule has 50 heavy (non-hydrogen) atoms. The molecular weight excluding hydrogens is 611 g/mol. The number of aromatic nitrogens is 4. The van der Waals surface area contributed by atoms with E-state index in [1.165, 1.54) is 171 Å². The van der Waals surface area contributed by atoms with Crippen molar-refractivity contribution in [1.82, 2.24) is 24.8 Å². The summed E-state index contributed by atoms with van der Waals surface area (Å²) in [5.41, 5.74) is 15.5. The molecule has 9 rings (SSSR count). The summed E-state index contributed by atoms with van der Waals surface area (Å²) >= 11 is 0. The first-order valence-electron chi connectivity index (χ1n) is 20.6. The van der Waals surface area contributed by atoms with Gasteiger partial charge in [-0.15, -0.1) is 0 Å². The average Bonchev–Trinajstić information content (AvgIpc) is 4.01. The predicted octanol–water partition coefficient (Wildman–Crippen LogP) is 12.3. The number of likely N-dealkylation sites (tertiary alicyclic amines) is 1. The van der Waals surface area contributed by atoms with E-state index in [1.54, 1.807) is 0 Å². The van der Waals surface area contributed by atoms with Crippen molar-refractivity contribution >= 4 is 46.4 Å². The van der Waals surface area contributed by atoms with E-state index in [1.807, 2.05) is 0 Å². The highest BCUT2D eigenvalue weighted by atomic mass is 15.2. The molecule has 0 amide bonds. The maximum absolute atomic E-state index is 5.64. The molecule has 6 heterocycles. The molecule has 5 heteroatoms. The molecule has 0 spiro atoms. The van der Waals surface area contributed by atoms with Crippen LogP contribution in [0.25, 0.3) is 46.4 Å². The fourth-order valence-corrected chi connectivity index (χ4v) is 10.8. The molecule has 2 N–H and O–H groups in total. The van der Waals surface area contributed by atoms with Gasteiger partial charge in [-0.2, -0.15) is 0 Å². The van der Waals surface area contributed by atoms with Gasteiger partial charge in [-0.05, 0) is 131 Å². The van der Waals surface area contributed by atoms with Gasteiger partial charge in [0, 0.05) is 50.4 Å². The van der Waals surface area contributed by atoms with Crippen molar-refractivity contribution in [3.05, 3.63) is 69.3 Å². The Morgan fingerprint density at radius 2 is 0.860 bits per heavy atom. The lowest BCUT2D eigenvalue weighted by atomic mass is 9.83. The maximum atomic E-state index is 5.64. The van der Waals surface area contributed by atoms with Crippen LogP contribution in [0.15, 0.2) is 24.3 Å². The van der Waals surface area contributed by atoms with Crippen molar-refractivity contribution in [2.45, 2.75) is 146 Å². The molecule has 8 bridgehead atoms. The number of nitrogens with one attached hydrogen (secondary N) is 2. The third-order valence-corrected chi connectivity index (χ3v) is 13.3. The lowest BCUT2D eigenvalue weighted by Gasteiger charge is -2.35. The van der Waals surface area contributed by atoms with Crippen molar-refractivity contribution in [1.29, 1.82) is 0 Å². The second-order valence-electron chi connectivity index (χ2n) is 16.3. The van der Waals surface area contributed by atoms with Crippen LogP contribution < -0.4 is 0 Å². The van der Waals surface area contributed by atoms with Crippen LogP contribution in [0.3, 0.4) is 0 Å². The molecule has 5 nitrogen and oxygen atoms in total. The van der Waals surface area contributed by atoms with Gasteiger partial charge < -0.3 is 9.97 Å². The number of hydrogen-bond acceptors (Lipinski definition) is 3. The molecule has 4 fully saturated rings. The Kier molecular flexibility index (Phi) is 9.28. The second kappa shape index (κ2) is 14.3. The van der Waals surface area contributed by atoms with E-state index in [2.05, 4.69) is 70.4 Å². The third kappa shape index (κ3) is 6.12. The highest BCUT2D eigenvalue weighted by Crippen LogP contribution is 2.43. The van der Waals surface area contributed by atoms with E-state index >= 15 is 0 Å². The number of fused-ring (bicyclic) bond motifs is 8. The number of nitrogens with zero attached hydrogens (tertiary/aromatic N) is 3. The van der Waals surface area contributed by atoms with E-state index in [9.17, 15) is 0 Å². The Balaban J connectivity index is 1.38. The minimum absolute atomic E-state index is 0.344. The van der Waals surface area contributed by atoms with Crippen LogP contribution >= 0.6 is 0 Å². The van der Waals surface area contributed by atoms with E-state index in [-0.39, 0.29) is 0 Å². The molecule has 3 aromatic heterocycles. The summed E-state index contributed by atoms with van der Waals surface area (Å²) in [5, 5.41) is 0. The van der Waals surface area contributed by atoms with Crippen LogP contribution in [0.2, 0.25) is 0 Å². The molecular formula is C45H57N5. The molecule has 0 aromatic carbocycles. The summed E-state index contributed by atoms with van der Waals surface area (Å²) in [6, 6.07) is 9.94. The summed E-state index contributed by atoms with van der Waals surface area (Å²) in [6.45, 7) is 4.54. The van der Waals surface area contributed by atoms with Crippen molar-refractivity contribution < 1.29 is 0 Å². The average molecular weight is 668 g/mol. The van der Waals surface area contributed by atoms with Gasteiger partial charge in [-0.1, -0.05) is 71.1 Å². The Bertz CT molecular complexity index is 1810. The first-order valence-corrected chi connectivity index (χ1v) is 20.6. The molecule has 3 aliphatic heterocycles. The van der Waals surface area contributed by atoms with E-state index in [4.69, 9.17) is 9.97 Å². The van der Waals surface area contributed by atoms with Crippen LogP contribution in [-0.2, 0) is 0 Å². The summed E-state index contributed by atoms with van der Waals surface area (Å²) in [7, 11) is 0. The van der Waals surface area contributed by atoms with Crippen LogP contribution in [0, 0.1) is 0 Å². The fourth-order valence-electron chi connectivity index (χ4n) is 10.8. The Labute approximate surface area is 299 Å². The SMILES string of the molecule is CCN1CCCCC1c1c2nc(c(C3CCCCC3)c3ccc([nH]3)c(C3CCCCC3)c3ccc([nH]3)c(C3CCCCC3)c3nc1C=C3)C=C2. The number of H-pyrrole nitrogens is 2. The Morgan fingerprint density at radius 1 is 0.480 bits per heavy atom. The Morgan fingerprint density at radius 3 is 1.30 bits per heavy atom. The van der Waals surface area contributed by atoms with Gasteiger partial charge in [0.25, 0.3) is 0 Å². The van der Waals surface area contributed by atoms with E-state index < -0.39 is 0 Å². The van der Waals surface area contributed by atoms with Gasteiger partial charge in [-0.3, -0.25) is 4.90 Å². The van der Waals surface area contributed by atoms with Crippen LogP contribution in [0.5, 0.6) is 0 Å². The van der Waals surface area contributed by atoms with Crippen LogP contribution in [0.1, 0.15) is 191 Å². The minimum atomic E-state index is 0.344. The standard InChI is InChI=1S/C45H57N5/c1-2-50-29-13-12-20-41(50)45-39-27-25-37(48-39)43(31-16-8-4-9-17-31)35-23-21-33(46-35)42(30-14-6-3-7-15-30)34-22-24-36(47-34)44(32-18-10-5-11-19-32)38-26-28-40(45)49-38/h21-28,30-32,41,46-47H,2-20,29H2,1H3. The van der Waals surface area contributed by atoms with E-state index in [0.29, 0.717) is 23.8 Å². The topological polar surface area (TPSA) is 60.6 Å². The zero-order valence-corrected chi connectivity index (χ0v) is 30.4. The minimum Gasteiger partial charge on any atom is -0.355 e. The van der Waals surface area contributed by atoms with Crippen LogP contribution in [0.4, 0.5) is 0 Å². The number of aromatic amines is 2. The first-order chi connectivity index (χ1) is 24.7. The summed E-state index contributed by atoms with van der Waals surface area (Å²) in [4.78, 5) is 22.1. The van der Waals surface area contributed by atoms with Gasteiger partial charge >= 0.3 is 0 Å². The number of rotatable bonds is 5. The highest BCUT2D eigenvalue weighted by Gasteiger charge is 2.31. The largest absolute Gasteiger partial charge is 0.355 e. The molecule has 3 aromatic rings. The predicted molar refractivity (Wildman–Crippen MR) is 210 cm³/mol. The molecule has 262 valence electrons. The molecule has 1 atom stereocenters. The molecule has 1 unspecified atom stereocenters. The fraction of sp³-hybridized carbons (Fsp3) is 0.556. The van der Waals surface area contributed by atoms with Crippen molar-refractivity contribution in [3.8, 4) is 0 Å². The molecule has 3 saturated carbocycles. The van der Waals surface area contributed by atoms with Gasteiger partial charge in [-0.25, -0.2) is 9.97 Å². The summed E-state index contributed by atoms with van der Waals surface area (Å²) < 4.78 is 0. The van der Waals surface area contributed by atoms with Crippen molar-refractivity contribution in [3.63, 3.8) is 0 Å². The zero-order chi connectivity index (χ0) is 33.4. The van der Waals surface area contributed by atoms with Gasteiger partial charge in [0.1, 0.15) is 0 Å². The number of piperidine rings is 1. The van der Waals surface area contributed by atoms with Crippen molar-refractivity contribution in [2.24, 2.45) is 0 Å². The Hall–Kier alpha value is -3.44. The first kappa shape index (κ1) is 32.5. The molecule has 6 aliphatic rings. The zero-order valence-electron chi connectivity index (χ0n) is 30.4. The lowest BCUT2D eigenvalue weighted by Crippen LogP contribution is -2.34. The highest BCUT2D eigenvalue weighted by molar-refractivity contribution is 5.84. The van der Waals surface area contributed by atoms with E-state index in [0.717, 1.165) is 24.5 Å².